The SMILES string of the molecule is Cn1cc(CCN2CCN(C(C)(C)/C(N)=N/O)CC2)cn1. The summed E-state index contributed by atoms with van der Waals surface area (Å²) in [6.07, 6.45) is 5.02. The molecule has 1 aromatic rings. The summed E-state index contributed by atoms with van der Waals surface area (Å²) in [6, 6.07) is 0. The van der Waals surface area contributed by atoms with Gasteiger partial charge in [0, 0.05) is 46.0 Å². The van der Waals surface area contributed by atoms with Gasteiger partial charge in [-0.25, -0.2) is 0 Å². The second-order valence-corrected chi connectivity index (χ2v) is 6.15. The minimum Gasteiger partial charge on any atom is -0.409 e. The number of oxime groups is 1. The minimum atomic E-state index is -0.399. The van der Waals surface area contributed by atoms with Crippen LogP contribution in [0.2, 0.25) is 0 Å². The molecule has 21 heavy (non-hydrogen) atoms. The molecule has 0 saturated carbocycles. The summed E-state index contributed by atoms with van der Waals surface area (Å²) in [6.45, 7) is 8.89. The van der Waals surface area contributed by atoms with Crippen molar-refractivity contribution in [2.75, 3.05) is 32.7 Å². The number of rotatable bonds is 5. The topological polar surface area (TPSA) is 82.9 Å². The van der Waals surface area contributed by atoms with Crippen LogP contribution >= 0.6 is 0 Å². The van der Waals surface area contributed by atoms with Crippen molar-refractivity contribution in [2.24, 2.45) is 17.9 Å². The predicted molar refractivity (Wildman–Crippen MR) is 82.4 cm³/mol. The predicted octanol–water partition coefficient (Wildman–Crippen LogP) is 0.105. The van der Waals surface area contributed by atoms with Gasteiger partial charge in [0.05, 0.1) is 11.7 Å². The molecule has 1 fully saturated rings. The molecule has 1 aliphatic rings. The van der Waals surface area contributed by atoms with Gasteiger partial charge in [-0.05, 0) is 25.8 Å². The number of hydrogen-bond donors (Lipinski definition) is 2. The van der Waals surface area contributed by atoms with Crippen LogP contribution in [0.5, 0.6) is 0 Å². The first-order chi connectivity index (χ1) is 9.93. The van der Waals surface area contributed by atoms with Gasteiger partial charge in [0.15, 0.2) is 5.84 Å². The standard InChI is InChI=1S/C14H26N6O/c1-14(2,13(15)17-21)20-8-6-19(7-9-20)5-4-12-10-16-18(3)11-12/h10-11,21H,4-9H2,1-3H3,(H2,15,17). The third kappa shape index (κ3) is 3.74. The zero-order valence-electron chi connectivity index (χ0n) is 13.2. The molecule has 7 heteroatoms. The van der Waals surface area contributed by atoms with E-state index in [0.717, 1.165) is 39.1 Å². The number of amidine groups is 1. The molecule has 0 amide bonds. The van der Waals surface area contributed by atoms with Gasteiger partial charge in [-0.3, -0.25) is 9.58 Å². The van der Waals surface area contributed by atoms with Crippen molar-refractivity contribution >= 4 is 5.84 Å². The van der Waals surface area contributed by atoms with Gasteiger partial charge in [-0.2, -0.15) is 5.10 Å². The summed E-state index contributed by atoms with van der Waals surface area (Å²) in [4.78, 5) is 4.72. The molecule has 7 nitrogen and oxygen atoms in total. The fourth-order valence-corrected chi connectivity index (χ4v) is 2.70. The zero-order chi connectivity index (χ0) is 15.5. The number of nitrogens with two attached hydrogens (primary N) is 1. The molecule has 0 aromatic carbocycles. The lowest BCUT2D eigenvalue weighted by molar-refractivity contribution is 0.0838. The highest BCUT2D eigenvalue weighted by atomic mass is 16.4. The number of aryl methyl sites for hydroxylation is 1. The maximum absolute atomic E-state index is 8.88. The van der Waals surface area contributed by atoms with Gasteiger partial charge in [-0.1, -0.05) is 5.16 Å². The van der Waals surface area contributed by atoms with Gasteiger partial charge in [0.1, 0.15) is 0 Å². The molecule has 0 radical (unpaired) electrons. The van der Waals surface area contributed by atoms with Crippen LogP contribution in [0.3, 0.4) is 0 Å². The van der Waals surface area contributed by atoms with Crippen LogP contribution in [0.15, 0.2) is 17.5 Å². The highest BCUT2D eigenvalue weighted by Gasteiger charge is 2.33. The highest BCUT2D eigenvalue weighted by molar-refractivity contribution is 5.88. The van der Waals surface area contributed by atoms with E-state index < -0.39 is 5.54 Å². The Balaban J connectivity index is 1.80. The minimum absolute atomic E-state index is 0.270. The largest absolute Gasteiger partial charge is 0.409 e. The number of nitrogens with zero attached hydrogens (tertiary/aromatic N) is 5. The number of piperazine rings is 1. The molecule has 1 aromatic heterocycles. The Morgan fingerprint density at radius 2 is 2.05 bits per heavy atom. The van der Waals surface area contributed by atoms with Crippen LogP contribution in [0.1, 0.15) is 19.4 Å². The molecule has 3 N–H and O–H groups in total. The van der Waals surface area contributed by atoms with Gasteiger partial charge in [0.2, 0.25) is 0 Å². The van der Waals surface area contributed by atoms with Crippen LogP contribution in [-0.4, -0.2) is 68.9 Å². The van der Waals surface area contributed by atoms with Crippen molar-refractivity contribution in [2.45, 2.75) is 25.8 Å². The van der Waals surface area contributed by atoms with Gasteiger partial charge in [0.25, 0.3) is 0 Å². The monoisotopic (exact) mass is 294 g/mol. The Kier molecular flexibility index (Phi) is 4.84. The molecule has 2 heterocycles. The molecule has 0 bridgehead atoms. The number of aromatic nitrogens is 2. The van der Waals surface area contributed by atoms with E-state index in [9.17, 15) is 0 Å². The molecule has 1 saturated heterocycles. The smallest absolute Gasteiger partial charge is 0.159 e. The average molecular weight is 294 g/mol. The van der Waals surface area contributed by atoms with Crippen LogP contribution in [-0.2, 0) is 13.5 Å². The van der Waals surface area contributed by atoms with Crippen LogP contribution in [0.4, 0.5) is 0 Å². The molecule has 2 rings (SSSR count). The van der Waals surface area contributed by atoms with Crippen molar-refractivity contribution in [3.05, 3.63) is 18.0 Å². The molecule has 0 unspecified atom stereocenters. The van der Waals surface area contributed by atoms with E-state index >= 15 is 0 Å². The molecule has 0 atom stereocenters. The summed E-state index contributed by atoms with van der Waals surface area (Å²) in [5.41, 5.74) is 6.66. The fourth-order valence-electron chi connectivity index (χ4n) is 2.70. The lowest BCUT2D eigenvalue weighted by atomic mass is 10.00. The molecule has 1 aliphatic heterocycles. The zero-order valence-corrected chi connectivity index (χ0v) is 13.2. The quantitative estimate of drug-likeness (QED) is 0.348. The summed E-state index contributed by atoms with van der Waals surface area (Å²) >= 11 is 0. The summed E-state index contributed by atoms with van der Waals surface area (Å²) in [5, 5.41) is 16.2. The third-order valence-corrected chi connectivity index (χ3v) is 4.37. The molecular weight excluding hydrogens is 268 g/mol. The van der Waals surface area contributed by atoms with E-state index in [0.29, 0.717) is 0 Å². The Bertz CT molecular complexity index is 487. The second kappa shape index (κ2) is 6.44. The van der Waals surface area contributed by atoms with Crippen LogP contribution in [0.25, 0.3) is 0 Å². The van der Waals surface area contributed by atoms with E-state index in [1.54, 1.807) is 0 Å². The molecule has 0 aliphatic carbocycles. The Labute approximate surface area is 126 Å². The maximum atomic E-state index is 8.88. The summed E-state index contributed by atoms with van der Waals surface area (Å²) < 4.78 is 1.84. The van der Waals surface area contributed by atoms with E-state index in [4.69, 9.17) is 10.9 Å². The summed E-state index contributed by atoms with van der Waals surface area (Å²) in [5.74, 6) is 0.270. The van der Waals surface area contributed by atoms with Crippen LogP contribution in [0, 0.1) is 0 Å². The average Bonchev–Trinajstić information content (AvgIpc) is 2.90. The van der Waals surface area contributed by atoms with Gasteiger partial charge >= 0.3 is 0 Å². The van der Waals surface area contributed by atoms with Crippen molar-refractivity contribution in [3.8, 4) is 0 Å². The lowest BCUT2D eigenvalue weighted by Crippen LogP contribution is -2.59. The van der Waals surface area contributed by atoms with E-state index in [2.05, 4.69) is 26.3 Å². The normalized spacial score (nSPS) is 19.1. The molecule has 0 spiro atoms. The molecule has 118 valence electrons. The fraction of sp³-hybridized carbons (Fsp3) is 0.714. The van der Waals surface area contributed by atoms with E-state index in [1.165, 1.54) is 5.56 Å². The van der Waals surface area contributed by atoms with Crippen LogP contribution < -0.4 is 5.73 Å². The van der Waals surface area contributed by atoms with Crippen molar-refractivity contribution in [1.82, 2.24) is 19.6 Å². The Morgan fingerprint density at radius 3 is 2.57 bits per heavy atom. The Hall–Kier alpha value is -1.60. The van der Waals surface area contributed by atoms with E-state index in [1.807, 2.05) is 31.8 Å². The lowest BCUT2D eigenvalue weighted by Gasteiger charge is -2.43. The molecular formula is C14H26N6O. The first-order valence-electron chi connectivity index (χ1n) is 7.36. The van der Waals surface area contributed by atoms with Crippen molar-refractivity contribution < 1.29 is 5.21 Å². The maximum Gasteiger partial charge on any atom is 0.159 e. The number of hydrogen-bond acceptors (Lipinski definition) is 5. The van der Waals surface area contributed by atoms with E-state index in [-0.39, 0.29) is 5.84 Å². The Morgan fingerprint density at radius 1 is 1.38 bits per heavy atom. The first kappa shape index (κ1) is 15.8. The van der Waals surface area contributed by atoms with Gasteiger partial charge < -0.3 is 15.8 Å². The summed E-state index contributed by atoms with van der Waals surface area (Å²) in [7, 11) is 1.94. The first-order valence-corrected chi connectivity index (χ1v) is 7.36. The van der Waals surface area contributed by atoms with Crippen molar-refractivity contribution in [3.63, 3.8) is 0 Å². The second-order valence-electron chi connectivity index (χ2n) is 6.15. The highest BCUT2D eigenvalue weighted by Crippen LogP contribution is 2.17. The van der Waals surface area contributed by atoms with Crippen molar-refractivity contribution in [1.29, 1.82) is 0 Å². The third-order valence-electron chi connectivity index (χ3n) is 4.37. The van der Waals surface area contributed by atoms with Gasteiger partial charge in [-0.15, -0.1) is 0 Å².